The second-order valence-corrected chi connectivity index (χ2v) is 8.38. The van der Waals surface area contributed by atoms with Gasteiger partial charge in [0.25, 0.3) is 0 Å². The van der Waals surface area contributed by atoms with Crippen molar-refractivity contribution in [2.75, 3.05) is 12.3 Å². The SMILES string of the molecule is Cc1cccc(-n2c(SCC(=O)N3CCCC[C@H]3C)nnc2-c2ccncc2)c1. The molecule has 1 aromatic carbocycles. The molecule has 3 aromatic rings. The maximum atomic E-state index is 12.8. The fraction of sp³-hybridized carbons (Fsp3) is 0.364. The van der Waals surface area contributed by atoms with Crippen LogP contribution >= 0.6 is 11.8 Å². The molecule has 1 saturated heterocycles. The van der Waals surface area contributed by atoms with E-state index in [1.165, 1.54) is 18.2 Å². The third-order valence-electron chi connectivity index (χ3n) is 5.28. The monoisotopic (exact) mass is 407 g/mol. The molecule has 4 rings (SSSR count). The van der Waals surface area contributed by atoms with Crippen LogP contribution in [0.2, 0.25) is 0 Å². The average Bonchev–Trinajstić information content (AvgIpc) is 3.17. The molecule has 1 aliphatic rings. The van der Waals surface area contributed by atoms with Gasteiger partial charge in [0.1, 0.15) is 0 Å². The second kappa shape index (κ2) is 8.78. The number of carbonyl (C=O) groups is 1. The number of aryl methyl sites for hydroxylation is 1. The van der Waals surface area contributed by atoms with Crippen LogP contribution in [0.4, 0.5) is 0 Å². The van der Waals surface area contributed by atoms with Gasteiger partial charge in [-0.2, -0.15) is 0 Å². The molecular formula is C22H25N5OS. The van der Waals surface area contributed by atoms with Crippen LogP contribution in [-0.2, 0) is 4.79 Å². The molecule has 150 valence electrons. The number of hydrogen-bond donors (Lipinski definition) is 0. The quantitative estimate of drug-likeness (QED) is 0.595. The van der Waals surface area contributed by atoms with Gasteiger partial charge in [0.15, 0.2) is 11.0 Å². The Kier molecular flexibility index (Phi) is 5.94. The minimum Gasteiger partial charge on any atom is -0.339 e. The van der Waals surface area contributed by atoms with Crippen LogP contribution in [0.5, 0.6) is 0 Å². The predicted molar refractivity (Wildman–Crippen MR) is 115 cm³/mol. The number of likely N-dealkylation sites (tertiary alicyclic amines) is 1. The van der Waals surface area contributed by atoms with E-state index < -0.39 is 0 Å². The van der Waals surface area contributed by atoms with Crippen molar-refractivity contribution in [3.63, 3.8) is 0 Å². The molecule has 3 heterocycles. The highest BCUT2D eigenvalue weighted by atomic mass is 32.2. The summed E-state index contributed by atoms with van der Waals surface area (Å²) in [4.78, 5) is 18.9. The van der Waals surface area contributed by atoms with Crippen LogP contribution in [0.15, 0.2) is 53.9 Å². The van der Waals surface area contributed by atoms with Crippen LogP contribution in [0.3, 0.4) is 0 Å². The Hall–Kier alpha value is -2.67. The van der Waals surface area contributed by atoms with Gasteiger partial charge in [0, 0.05) is 36.2 Å². The first-order chi connectivity index (χ1) is 14.1. The van der Waals surface area contributed by atoms with Gasteiger partial charge < -0.3 is 4.90 Å². The Morgan fingerprint density at radius 2 is 2.00 bits per heavy atom. The Bertz CT molecular complexity index is 988. The summed E-state index contributed by atoms with van der Waals surface area (Å²) in [6.45, 7) is 5.06. The molecule has 1 atom stereocenters. The van der Waals surface area contributed by atoms with E-state index in [-0.39, 0.29) is 5.91 Å². The Morgan fingerprint density at radius 3 is 2.76 bits per heavy atom. The zero-order chi connectivity index (χ0) is 20.2. The second-order valence-electron chi connectivity index (χ2n) is 7.44. The van der Waals surface area contributed by atoms with Crippen LogP contribution < -0.4 is 0 Å². The van der Waals surface area contributed by atoms with Gasteiger partial charge in [-0.3, -0.25) is 14.3 Å². The molecule has 29 heavy (non-hydrogen) atoms. The lowest BCUT2D eigenvalue weighted by atomic mass is 10.0. The molecule has 0 N–H and O–H groups in total. The molecule has 2 aromatic heterocycles. The van der Waals surface area contributed by atoms with E-state index in [1.54, 1.807) is 12.4 Å². The molecule has 1 fully saturated rings. The zero-order valence-corrected chi connectivity index (χ0v) is 17.6. The summed E-state index contributed by atoms with van der Waals surface area (Å²) in [5, 5.41) is 9.58. The van der Waals surface area contributed by atoms with Gasteiger partial charge in [-0.25, -0.2) is 0 Å². The number of pyridine rings is 1. The van der Waals surface area contributed by atoms with Crippen molar-refractivity contribution in [2.24, 2.45) is 0 Å². The van der Waals surface area contributed by atoms with Crippen molar-refractivity contribution in [1.82, 2.24) is 24.6 Å². The third-order valence-corrected chi connectivity index (χ3v) is 6.19. The van der Waals surface area contributed by atoms with E-state index in [1.807, 2.05) is 33.7 Å². The number of carbonyl (C=O) groups excluding carboxylic acids is 1. The fourth-order valence-corrected chi connectivity index (χ4v) is 4.57. The van der Waals surface area contributed by atoms with Crippen molar-refractivity contribution >= 4 is 17.7 Å². The molecule has 0 saturated carbocycles. The molecule has 0 aliphatic carbocycles. The van der Waals surface area contributed by atoms with E-state index in [2.05, 4.69) is 41.2 Å². The fourth-order valence-electron chi connectivity index (χ4n) is 3.73. The summed E-state index contributed by atoms with van der Waals surface area (Å²) < 4.78 is 2.03. The number of rotatable bonds is 5. The molecule has 1 aliphatic heterocycles. The molecule has 6 nitrogen and oxygen atoms in total. The predicted octanol–water partition coefficient (Wildman–Crippen LogP) is 4.13. The first-order valence-electron chi connectivity index (χ1n) is 9.98. The highest BCUT2D eigenvalue weighted by Crippen LogP contribution is 2.29. The van der Waals surface area contributed by atoms with Crippen LogP contribution in [0.25, 0.3) is 17.1 Å². The number of amides is 1. The Balaban J connectivity index is 1.63. The van der Waals surface area contributed by atoms with Crippen molar-refractivity contribution in [1.29, 1.82) is 0 Å². The van der Waals surface area contributed by atoms with Crippen molar-refractivity contribution < 1.29 is 4.79 Å². The number of hydrogen-bond acceptors (Lipinski definition) is 5. The molecule has 0 spiro atoms. The largest absolute Gasteiger partial charge is 0.339 e. The maximum Gasteiger partial charge on any atom is 0.233 e. The number of nitrogens with zero attached hydrogens (tertiary/aromatic N) is 5. The Morgan fingerprint density at radius 1 is 1.17 bits per heavy atom. The van der Waals surface area contributed by atoms with Gasteiger partial charge in [-0.1, -0.05) is 23.9 Å². The number of benzene rings is 1. The van der Waals surface area contributed by atoms with Crippen LogP contribution in [0.1, 0.15) is 31.7 Å². The first-order valence-corrected chi connectivity index (χ1v) is 11.0. The van der Waals surface area contributed by atoms with E-state index in [9.17, 15) is 4.79 Å². The van der Waals surface area contributed by atoms with Crippen molar-refractivity contribution in [3.8, 4) is 17.1 Å². The summed E-state index contributed by atoms with van der Waals surface area (Å²) in [6.07, 6.45) is 6.88. The van der Waals surface area contributed by atoms with Gasteiger partial charge in [-0.05, 0) is 62.9 Å². The molecule has 0 bridgehead atoms. The number of thioether (sulfide) groups is 1. The molecule has 1 amide bonds. The zero-order valence-electron chi connectivity index (χ0n) is 16.8. The third kappa shape index (κ3) is 4.34. The average molecular weight is 408 g/mol. The van der Waals surface area contributed by atoms with E-state index in [0.717, 1.165) is 47.2 Å². The van der Waals surface area contributed by atoms with Gasteiger partial charge in [-0.15, -0.1) is 10.2 Å². The summed E-state index contributed by atoms with van der Waals surface area (Å²) in [5.74, 6) is 1.29. The highest BCUT2D eigenvalue weighted by molar-refractivity contribution is 7.99. The van der Waals surface area contributed by atoms with Gasteiger partial charge in [0.05, 0.1) is 5.75 Å². The van der Waals surface area contributed by atoms with Crippen molar-refractivity contribution in [3.05, 3.63) is 54.4 Å². The lowest BCUT2D eigenvalue weighted by Gasteiger charge is -2.33. The molecular weight excluding hydrogens is 382 g/mol. The smallest absolute Gasteiger partial charge is 0.233 e. The normalized spacial score (nSPS) is 16.8. The van der Waals surface area contributed by atoms with Crippen molar-refractivity contribution in [2.45, 2.75) is 44.3 Å². The topological polar surface area (TPSA) is 63.9 Å². The molecule has 0 unspecified atom stereocenters. The van der Waals surface area contributed by atoms with Gasteiger partial charge in [0.2, 0.25) is 5.91 Å². The lowest BCUT2D eigenvalue weighted by Crippen LogP contribution is -2.42. The number of aromatic nitrogens is 4. The lowest BCUT2D eigenvalue weighted by molar-refractivity contribution is -0.131. The number of piperidine rings is 1. The maximum absolute atomic E-state index is 12.8. The van der Waals surface area contributed by atoms with Crippen LogP contribution in [0, 0.1) is 6.92 Å². The summed E-state index contributed by atoms with van der Waals surface area (Å²) in [6, 6.07) is 12.4. The minimum atomic E-state index is 0.173. The van der Waals surface area contributed by atoms with E-state index in [0.29, 0.717) is 11.8 Å². The minimum absolute atomic E-state index is 0.173. The molecule has 7 heteroatoms. The summed E-state index contributed by atoms with van der Waals surface area (Å²) in [5.41, 5.74) is 3.09. The summed E-state index contributed by atoms with van der Waals surface area (Å²) >= 11 is 1.45. The van der Waals surface area contributed by atoms with E-state index in [4.69, 9.17) is 0 Å². The standard InChI is InChI=1S/C22H25N5OS/c1-16-6-5-8-19(14-16)27-21(18-9-11-23-12-10-18)24-25-22(27)29-15-20(28)26-13-4-3-7-17(26)2/h5-6,8-12,14,17H,3-4,7,13,15H2,1-2H3/t17-/m1/s1. The van der Waals surface area contributed by atoms with E-state index >= 15 is 0 Å². The van der Waals surface area contributed by atoms with Gasteiger partial charge >= 0.3 is 0 Å². The molecule has 0 radical (unpaired) electrons. The first kappa shape index (κ1) is 19.6. The Labute approximate surface area is 175 Å². The summed E-state index contributed by atoms with van der Waals surface area (Å²) in [7, 11) is 0. The van der Waals surface area contributed by atoms with Crippen LogP contribution in [-0.4, -0.2) is 48.9 Å². The highest BCUT2D eigenvalue weighted by Gasteiger charge is 2.24.